The zero-order valence-electron chi connectivity index (χ0n) is 24.0. The van der Waals surface area contributed by atoms with Gasteiger partial charge in [-0.05, 0) is 82.8 Å². The van der Waals surface area contributed by atoms with E-state index < -0.39 is 28.7 Å². The van der Waals surface area contributed by atoms with Crippen LogP contribution in [0, 0.1) is 11.8 Å². The van der Waals surface area contributed by atoms with Crippen molar-refractivity contribution in [1.29, 1.82) is 0 Å². The molecule has 41 heavy (non-hydrogen) atoms. The van der Waals surface area contributed by atoms with Crippen LogP contribution in [-0.2, 0) is 14.4 Å². The van der Waals surface area contributed by atoms with Gasteiger partial charge < -0.3 is 20.2 Å². The maximum absolute atomic E-state index is 14.1. The first-order valence-electron chi connectivity index (χ1n) is 15.2. The number of fused-ring (bicyclic) bond motifs is 5. The second-order valence-corrected chi connectivity index (χ2v) is 13.2. The first kappa shape index (κ1) is 27.9. The highest BCUT2D eigenvalue weighted by atomic mass is 16.7. The third-order valence-electron chi connectivity index (χ3n) is 10.1. The van der Waals surface area contributed by atoms with Crippen LogP contribution in [-0.4, -0.2) is 60.9 Å². The maximum atomic E-state index is 14.1. The van der Waals surface area contributed by atoms with E-state index in [4.69, 9.17) is 10.6 Å². The van der Waals surface area contributed by atoms with Crippen LogP contribution < -0.4 is 11.3 Å². The molecule has 4 aliphatic rings. The van der Waals surface area contributed by atoms with Crippen LogP contribution >= 0.6 is 0 Å². The number of carboxylic acids is 1. The van der Waals surface area contributed by atoms with Crippen molar-refractivity contribution in [2.75, 3.05) is 0 Å². The Balaban J connectivity index is 1.37. The van der Waals surface area contributed by atoms with E-state index >= 15 is 0 Å². The number of para-hydroxylation sites is 2. The molecular weight excluding hydrogens is 522 g/mol. The molecule has 1 aromatic carbocycles. The van der Waals surface area contributed by atoms with E-state index in [1.807, 2.05) is 18.2 Å². The topological polar surface area (TPSA) is 140 Å². The van der Waals surface area contributed by atoms with Gasteiger partial charge in [0.25, 0.3) is 11.5 Å². The van der Waals surface area contributed by atoms with Crippen LogP contribution in [0.25, 0.3) is 11.0 Å². The first-order chi connectivity index (χ1) is 19.6. The molecule has 4 fully saturated rings. The molecule has 220 valence electrons. The standard InChI is InChI=1S/C31H41N5O5/c1-31(2,30(32)40)41-34-27(29(38)39)26-28(37)36(25-12-4-3-11-24(25)33-26)23-16-20-9-6-10-21(17-23)35(20)22-14-18-7-5-8-19(13-18)15-22/h3-4,11-12,18-23H,5-10,13-17H2,1-2H3,(H2,32,40)(H,38,39)/b34-27-. The van der Waals surface area contributed by atoms with Crippen molar-refractivity contribution in [2.24, 2.45) is 22.7 Å². The molecule has 3 heterocycles. The van der Waals surface area contributed by atoms with Gasteiger partial charge in [-0.1, -0.05) is 43.0 Å². The zero-order chi connectivity index (χ0) is 28.9. The molecule has 6 rings (SSSR count). The largest absolute Gasteiger partial charge is 0.476 e. The number of nitrogens with zero attached hydrogens (tertiary/aromatic N) is 4. The minimum Gasteiger partial charge on any atom is -0.476 e. The van der Waals surface area contributed by atoms with Crippen LogP contribution in [0.3, 0.4) is 0 Å². The second-order valence-electron chi connectivity index (χ2n) is 13.2. The number of carbonyl (C=O) groups excluding carboxylic acids is 1. The molecule has 4 bridgehead atoms. The Morgan fingerprint density at radius 1 is 0.951 bits per heavy atom. The lowest BCUT2D eigenvalue weighted by molar-refractivity contribution is -0.140. The van der Waals surface area contributed by atoms with E-state index in [0.29, 0.717) is 29.2 Å². The van der Waals surface area contributed by atoms with Crippen LogP contribution in [0.15, 0.2) is 34.2 Å². The summed E-state index contributed by atoms with van der Waals surface area (Å²) in [6, 6.07) is 8.71. The Bertz CT molecular complexity index is 1410. The van der Waals surface area contributed by atoms with Gasteiger partial charge >= 0.3 is 5.97 Å². The number of hydrogen-bond acceptors (Lipinski definition) is 7. The number of hydrogen-bond donors (Lipinski definition) is 2. The summed E-state index contributed by atoms with van der Waals surface area (Å²) in [5, 5.41) is 13.7. The average molecular weight is 564 g/mol. The van der Waals surface area contributed by atoms with Crippen molar-refractivity contribution in [1.82, 2.24) is 14.5 Å². The lowest BCUT2D eigenvalue weighted by atomic mass is 9.68. The van der Waals surface area contributed by atoms with E-state index in [2.05, 4.69) is 15.0 Å². The number of carboxylic acid groups (broad SMARTS) is 1. The second kappa shape index (κ2) is 10.9. The van der Waals surface area contributed by atoms with Gasteiger partial charge in [-0.25, -0.2) is 9.78 Å². The molecule has 1 amide bonds. The summed E-state index contributed by atoms with van der Waals surface area (Å²) in [5.41, 5.74) is 3.56. The Morgan fingerprint density at radius 3 is 2.22 bits per heavy atom. The van der Waals surface area contributed by atoms with Gasteiger partial charge in [-0.15, -0.1) is 0 Å². The molecule has 2 saturated carbocycles. The van der Waals surface area contributed by atoms with Gasteiger partial charge in [-0.2, -0.15) is 0 Å². The summed E-state index contributed by atoms with van der Waals surface area (Å²) in [6.45, 7) is 2.77. The SMILES string of the molecule is CC(C)(O/N=C(\C(=O)O)c1nc2ccccc2n(C2CC3CCCC(C2)N3C2CC3CCCC(C3)C2)c1=O)C(N)=O. The zero-order valence-corrected chi connectivity index (χ0v) is 24.0. The summed E-state index contributed by atoms with van der Waals surface area (Å²) in [6.07, 6.45) is 13.3. The third-order valence-corrected chi connectivity index (χ3v) is 10.1. The molecule has 2 aromatic rings. The monoisotopic (exact) mass is 563 g/mol. The number of nitrogens with two attached hydrogens (primary N) is 1. The van der Waals surface area contributed by atoms with E-state index in [0.717, 1.165) is 37.5 Å². The van der Waals surface area contributed by atoms with Gasteiger partial charge in [0.15, 0.2) is 5.69 Å². The van der Waals surface area contributed by atoms with Gasteiger partial charge in [-0.3, -0.25) is 14.5 Å². The fourth-order valence-corrected chi connectivity index (χ4v) is 8.19. The van der Waals surface area contributed by atoms with Crippen molar-refractivity contribution >= 4 is 28.6 Å². The molecule has 3 N–H and O–H groups in total. The molecule has 0 radical (unpaired) electrons. The number of oxime groups is 1. The summed E-state index contributed by atoms with van der Waals surface area (Å²) in [4.78, 5) is 50.7. The maximum Gasteiger partial charge on any atom is 0.360 e. The fourth-order valence-electron chi connectivity index (χ4n) is 8.19. The predicted octanol–water partition coefficient (Wildman–Crippen LogP) is 3.99. The molecule has 2 aliphatic heterocycles. The highest BCUT2D eigenvalue weighted by Crippen LogP contribution is 2.47. The van der Waals surface area contributed by atoms with E-state index in [-0.39, 0.29) is 11.7 Å². The van der Waals surface area contributed by atoms with Crippen LogP contribution in [0.5, 0.6) is 0 Å². The van der Waals surface area contributed by atoms with Gasteiger partial charge in [0, 0.05) is 24.2 Å². The number of primary amides is 1. The van der Waals surface area contributed by atoms with Crippen molar-refractivity contribution < 1.29 is 19.5 Å². The van der Waals surface area contributed by atoms with E-state index in [1.54, 1.807) is 10.6 Å². The highest BCUT2D eigenvalue weighted by molar-refractivity contribution is 6.41. The van der Waals surface area contributed by atoms with Crippen LogP contribution in [0.1, 0.15) is 96.2 Å². The Hall–Kier alpha value is -3.27. The number of aliphatic carboxylic acids is 1. The number of carbonyl (C=O) groups is 2. The molecule has 4 unspecified atom stereocenters. The Labute approximate surface area is 239 Å². The van der Waals surface area contributed by atoms with Crippen molar-refractivity contribution in [2.45, 2.75) is 114 Å². The number of aromatic nitrogens is 2. The molecule has 2 aliphatic carbocycles. The molecule has 0 spiro atoms. The van der Waals surface area contributed by atoms with Crippen molar-refractivity contribution in [3.8, 4) is 0 Å². The van der Waals surface area contributed by atoms with Gasteiger partial charge in [0.05, 0.1) is 11.0 Å². The molecule has 10 heteroatoms. The molecular formula is C31H41N5O5. The van der Waals surface area contributed by atoms with Crippen molar-refractivity contribution in [3.05, 3.63) is 40.3 Å². The molecule has 10 nitrogen and oxygen atoms in total. The first-order valence-corrected chi connectivity index (χ1v) is 15.2. The fraction of sp³-hybridized carbons (Fsp3) is 0.645. The minimum absolute atomic E-state index is 0.0817. The van der Waals surface area contributed by atoms with Crippen molar-refractivity contribution in [3.63, 3.8) is 0 Å². The van der Waals surface area contributed by atoms with E-state index in [1.165, 1.54) is 58.8 Å². The Morgan fingerprint density at radius 2 is 1.59 bits per heavy atom. The van der Waals surface area contributed by atoms with Crippen LogP contribution in [0.4, 0.5) is 0 Å². The minimum atomic E-state index is -1.56. The molecule has 1 aromatic heterocycles. The molecule has 4 atom stereocenters. The quantitative estimate of drug-likeness (QED) is 0.383. The number of piperidine rings is 2. The van der Waals surface area contributed by atoms with Gasteiger partial charge in [0.1, 0.15) is 0 Å². The smallest absolute Gasteiger partial charge is 0.360 e. The number of amides is 1. The number of rotatable bonds is 7. The Kier molecular flexibility index (Phi) is 7.38. The lowest BCUT2D eigenvalue weighted by Crippen LogP contribution is -2.58. The summed E-state index contributed by atoms with van der Waals surface area (Å²) < 4.78 is 1.76. The average Bonchev–Trinajstić information content (AvgIpc) is 2.92. The number of benzene rings is 1. The van der Waals surface area contributed by atoms with Gasteiger partial charge in [0.2, 0.25) is 11.3 Å². The normalized spacial score (nSPS) is 30.6. The summed E-state index contributed by atoms with van der Waals surface area (Å²) in [7, 11) is 0. The van der Waals surface area contributed by atoms with Crippen LogP contribution in [0.2, 0.25) is 0 Å². The summed E-state index contributed by atoms with van der Waals surface area (Å²) in [5.74, 6) is -0.562. The highest BCUT2D eigenvalue weighted by Gasteiger charge is 2.45. The summed E-state index contributed by atoms with van der Waals surface area (Å²) >= 11 is 0. The third kappa shape index (κ3) is 5.27. The van der Waals surface area contributed by atoms with E-state index in [9.17, 15) is 19.5 Å². The predicted molar refractivity (Wildman–Crippen MR) is 155 cm³/mol. The lowest BCUT2D eigenvalue weighted by Gasteiger charge is -2.55. The molecule has 2 saturated heterocycles.